The average Bonchev–Trinajstić information content (AvgIpc) is 3.83. The summed E-state index contributed by atoms with van der Waals surface area (Å²) in [7, 11) is 0. The Kier molecular flexibility index (Phi) is 15.7. The first-order chi connectivity index (χ1) is 32.0. The number of nitrogens with one attached hydrogen (secondary N) is 4. The van der Waals surface area contributed by atoms with E-state index in [1.54, 1.807) is 0 Å². The van der Waals surface area contributed by atoms with Gasteiger partial charge < -0.3 is 30.7 Å². The molecule has 0 radical (unpaired) electrons. The van der Waals surface area contributed by atoms with Gasteiger partial charge in [-0.2, -0.15) is 0 Å². The monoisotopic (exact) mass is 868 g/mol. The Bertz CT molecular complexity index is 2400. The summed E-state index contributed by atoms with van der Waals surface area (Å²) in [5.74, 6) is -0.213. The molecule has 0 bridgehead atoms. The second kappa shape index (κ2) is 22.8. The lowest BCUT2D eigenvalue weighted by Crippen LogP contribution is -2.48. The van der Waals surface area contributed by atoms with Crippen LogP contribution in [0.5, 0.6) is 0 Å². The van der Waals surface area contributed by atoms with Crippen molar-refractivity contribution in [3.05, 3.63) is 191 Å². The van der Waals surface area contributed by atoms with Crippen molar-refractivity contribution in [3.8, 4) is 22.3 Å². The molecular weight excluding hydrogens is 809 g/mol. The summed E-state index contributed by atoms with van der Waals surface area (Å²) in [6.07, 6.45) is 7.86. The van der Waals surface area contributed by atoms with E-state index in [1.165, 1.54) is 12.0 Å². The van der Waals surface area contributed by atoms with Crippen molar-refractivity contribution in [2.24, 2.45) is 0 Å². The molecule has 3 amide bonds. The van der Waals surface area contributed by atoms with Gasteiger partial charge in [0.05, 0.1) is 0 Å². The molecule has 0 spiro atoms. The predicted molar refractivity (Wildman–Crippen MR) is 257 cm³/mol. The maximum Gasteiger partial charge on any atom is 0.408 e. The van der Waals surface area contributed by atoms with E-state index in [-0.39, 0.29) is 11.9 Å². The number of alkyl carbamates (subject to hydrolysis) is 2. The molecule has 6 aromatic carbocycles. The van der Waals surface area contributed by atoms with E-state index in [0.717, 1.165) is 108 Å². The zero-order valence-electron chi connectivity index (χ0n) is 37.1. The van der Waals surface area contributed by atoms with Gasteiger partial charge >= 0.3 is 12.2 Å². The molecule has 334 valence electrons. The minimum Gasteiger partial charge on any atom is -0.436 e. The van der Waals surface area contributed by atoms with Crippen LogP contribution in [0.3, 0.4) is 0 Å². The zero-order chi connectivity index (χ0) is 44.6. The van der Waals surface area contributed by atoms with E-state index in [4.69, 9.17) is 9.47 Å². The Labute approximate surface area is 383 Å². The minimum atomic E-state index is -0.772. The molecule has 4 N–H and O–H groups in total. The molecule has 8 rings (SSSR count). The fourth-order valence-corrected chi connectivity index (χ4v) is 9.24. The summed E-state index contributed by atoms with van der Waals surface area (Å²) in [5.41, 5.74) is 10.4. The van der Waals surface area contributed by atoms with E-state index in [2.05, 4.69) is 57.7 Å². The van der Waals surface area contributed by atoms with Gasteiger partial charge in [0.15, 0.2) is 12.2 Å². The van der Waals surface area contributed by atoms with Crippen LogP contribution in [0.2, 0.25) is 0 Å². The number of hydrogen-bond donors (Lipinski definition) is 4. The molecule has 2 atom stereocenters. The van der Waals surface area contributed by atoms with E-state index in [0.29, 0.717) is 19.5 Å². The van der Waals surface area contributed by atoms with Crippen molar-refractivity contribution >= 4 is 18.1 Å². The summed E-state index contributed by atoms with van der Waals surface area (Å²) in [5, 5.41) is 12.7. The van der Waals surface area contributed by atoms with Crippen molar-refractivity contribution in [2.45, 2.75) is 88.5 Å². The van der Waals surface area contributed by atoms with E-state index < -0.39 is 30.4 Å². The minimum absolute atomic E-state index is 0.0695. The van der Waals surface area contributed by atoms with Crippen molar-refractivity contribution in [1.29, 1.82) is 0 Å². The summed E-state index contributed by atoms with van der Waals surface area (Å²) >= 11 is 0. The van der Waals surface area contributed by atoms with Crippen molar-refractivity contribution in [1.82, 2.24) is 21.3 Å². The lowest BCUT2D eigenvalue weighted by Gasteiger charge is -2.21. The summed E-state index contributed by atoms with van der Waals surface area (Å²) in [6, 6.07) is 51.6. The van der Waals surface area contributed by atoms with E-state index >= 15 is 0 Å². The van der Waals surface area contributed by atoms with Crippen LogP contribution in [-0.2, 0) is 27.1 Å². The summed E-state index contributed by atoms with van der Waals surface area (Å²) in [6.45, 7) is 1.89. The molecule has 0 saturated carbocycles. The maximum absolute atomic E-state index is 13.5. The average molecular weight is 869 g/mol. The number of amides is 3. The smallest absolute Gasteiger partial charge is 0.408 e. The van der Waals surface area contributed by atoms with E-state index in [9.17, 15) is 14.4 Å². The third kappa shape index (κ3) is 11.9. The van der Waals surface area contributed by atoms with Gasteiger partial charge in [-0.25, -0.2) is 9.59 Å². The third-order valence-corrected chi connectivity index (χ3v) is 12.5. The van der Waals surface area contributed by atoms with Crippen LogP contribution in [0.15, 0.2) is 158 Å². The van der Waals surface area contributed by atoms with Crippen molar-refractivity contribution in [2.75, 3.05) is 19.6 Å². The first kappa shape index (κ1) is 44.9. The van der Waals surface area contributed by atoms with Crippen LogP contribution >= 0.6 is 0 Å². The standard InChI is InChI=1S/C56H60N4O5/c61-54(51(38-41-25-11-8-12-26-41)60-56(63)65-53-49-33-19-15-29-45(49)46-30-16-20-34-50(46)53)58-36-22-6-4-2-1-3-5-21-35-57-42(37-40-23-9-7-10-24-40)39-59-55(62)64-52-47-31-17-13-27-43(47)44-28-14-18-32-48(44)52/h7-20,23-34,42,51-53,57H,1-6,21-22,35-39H2,(H,58,61)(H,59,62)(H,60,63). The second-order valence-electron chi connectivity index (χ2n) is 17.1. The summed E-state index contributed by atoms with van der Waals surface area (Å²) < 4.78 is 12.1. The first-order valence-electron chi connectivity index (χ1n) is 23.4. The van der Waals surface area contributed by atoms with Crippen LogP contribution in [0.25, 0.3) is 22.3 Å². The fraction of sp³-hybridized carbons (Fsp3) is 0.304. The molecule has 0 heterocycles. The molecule has 0 aromatic heterocycles. The molecule has 0 saturated heterocycles. The molecule has 0 fully saturated rings. The number of carbonyl (C=O) groups is 3. The number of fused-ring (bicyclic) bond motifs is 6. The highest BCUT2D eigenvalue weighted by Gasteiger charge is 2.33. The van der Waals surface area contributed by atoms with Crippen LogP contribution < -0.4 is 21.3 Å². The van der Waals surface area contributed by atoms with Gasteiger partial charge in [0, 0.05) is 47.8 Å². The topological polar surface area (TPSA) is 118 Å². The van der Waals surface area contributed by atoms with Gasteiger partial charge in [-0.15, -0.1) is 0 Å². The number of hydrogen-bond acceptors (Lipinski definition) is 6. The van der Waals surface area contributed by atoms with Gasteiger partial charge in [-0.3, -0.25) is 4.79 Å². The van der Waals surface area contributed by atoms with Gasteiger partial charge in [0.2, 0.25) is 5.91 Å². The molecule has 2 aliphatic rings. The van der Waals surface area contributed by atoms with Crippen LogP contribution in [-0.4, -0.2) is 49.8 Å². The lowest BCUT2D eigenvalue weighted by molar-refractivity contribution is -0.123. The molecule has 0 aliphatic heterocycles. The largest absolute Gasteiger partial charge is 0.436 e. The highest BCUT2D eigenvalue weighted by molar-refractivity contribution is 5.86. The van der Waals surface area contributed by atoms with Gasteiger partial charge in [-0.05, 0) is 59.2 Å². The molecule has 65 heavy (non-hydrogen) atoms. The first-order valence-corrected chi connectivity index (χ1v) is 23.4. The molecular formula is C56H60N4O5. The van der Waals surface area contributed by atoms with Gasteiger partial charge in [0.1, 0.15) is 6.04 Å². The predicted octanol–water partition coefficient (Wildman–Crippen LogP) is 11.0. The zero-order valence-corrected chi connectivity index (χ0v) is 37.1. The van der Waals surface area contributed by atoms with Crippen LogP contribution in [0.1, 0.15) is 97.0 Å². The molecule has 6 aromatic rings. The molecule has 2 unspecified atom stereocenters. The lowest BCUT2D eigenvalue weighted by atomic mass is 10.0. The van der Waals surface area contributed by atoms with E-state index in [1.807, 2.05) is 121 Å². The highest BCUT2D eigenvalue weighted by Crippen LogP contribution is 2.46. The molecule has 9 nitrogen and oxygen atoms in total. The Morgan fingerprint density at radius 2 is 0.831 bits per heavy atom. The molecule has 2 aliphatic carbocycles. The van der Waals surface area contributed by atoms with Crippen LogP contribution in [0.4, 0.5) is 9.59 Å². The number of ether oxygens (including phenoxy) is 2. The maximum atomic E-state index is 13.5. The normalized spacial score (nSPS) is 13.4. The van der Waals surface area contributed by atoms with Crippen molar-refractivity contribution in [3.63, 3.8) is 0 Å². The van der Waals surface area contributed by atoms with Gasteiger partial charge in [0.25, 0.3) is 0 Å². The number of unbranched alkanes of at least 4 members (excludes halogenated alkanes) is 7. The number of carbonyl (C=O) groups excluding carboxylic acids is 3. The summed E-state index contributed by atoms with van der Waals surface area (Å²) in [4.78, 5) is 40.1. The SMILES string of the molecule is O=C(NCC(Cc1ccccc1)NCCCCCCCCCCNC(=O)C(Cc1ccccc1)NC(=O)OC1c2ccccc2-c2ccccc21)OC1c2ccccc2-c2ccccc21. The Hall–Kier alpha value is -6.71. The Morgan fingerprint density at radius 3 is 1.32 bits per heavy atom. The third-order valence-electron chi connectivity index (χ3n) is 12.5. The number of benzene rings is 6. The van der Waals surface area contributed by atoms with Crippen molar-refractivity contribution < 1.29 is 23.9 Å². The highest BCUT2D eigenvalue weighted by atomic mass is 16.6. The fourth-order valence-electron chi connectivity index (χ4n) is 9.24. The quantitative estimate of drug-likeness (QED) is 0.0505. The Morgan fingerprint density at radius 1 is 0.431 bits per heavy atom. The van der Waals surface area contributed by atoms with Gasteiger partial charge in [-0.1, -0.05) is 196 Å². The second-order valence-corrected chi connectivity index (χ2v) is 17.1. The molecule has 9 heteroatoms. The van der Waals surface area contributed by atoms with Crippen LogP contribution in [0, 0.1) is 0 Å². The Balaban J connectivity index is 0.718. The number of rotatable bonds is 22.